The number of carboxylic acid groups (broad SMARTS) is 1. The fourth-order valence-electron chi connectivity index (χ4n) is 1.57. The van der Waals surface area contributed by atoms with Crippen molar-refractivity contribution in [2.75, 3.05) is 0 Å². The molecule has 2 unspecified atom stereocenters. The summed E-state index contributed by atoms with van der Waals surface area (Å²) in [6.45, 7) is 1.25. The van der Waals surface area contributed by atoms with E-state index < -0.39 is 36.6 Å². The van der Waals surface area contributed by atoms with Crippen molar-refractivity contribution in [2.24, 2.45) is 0 Å². The van der Waals surface area contributed by atoms with E-state index in [1.807, 2.05) is 0 Å². The van der Waals surface area contributed by atoms with Gasteiger partial charge in [0.1, 0.15) is 11.8 Å². The molecular formula is C13H12Cl2F3NO4. The van der Waals surface area contributed by atoms with Crippen molar-refractivity contribution < 1.29 is 32.6 Å². The molecule has 0 aliphatic carbocycles. The maximum Gasteiger partial charge on any atom is 0.391 e. The normalized spacial score (nSPS) is 14.0. The summed E-state index contributed by atoms with van der Waals surface area (Å²) < 4.78 is 42.0. The Morgan fingerprint density at radius 1 is 1.26 bits per heavy atom. The molecule has 1 rings (SSSR count). The van der Waals surface area contributed by atoms with E-state index in [4.69, 9.17) is 33.0 Å². The maximum absolute atomic E-state index is 12.3. The fraction of sp³-hybridized carbons (Fsp3) is 0.385. The number of carbonyl (C=O) groups is 2. The molecule has 10 heteroatoms. The van der Waals surface area contributed by atoms with Crippen LogP contribution in [0.2, 0.25) is 10.0 Å². The standard InChI is InChI=1S/C13H12Cl2F3NO4/c1-6(23-9-3-7(14)2-8(15)4-9)11(20)19-10(12(21)22)5-13(16,17)18/h2-4,6,10H,5H2,1H3,(H,19,20)(H,21,22). The van der Waals surface area contributed by atoms with E-state index in [9.17, 15) is 22.8 Å². The minimum atomic E-state index is -4.74. The number of amides is 1. The number of hydrogen-bond acceptors (Lipinski definition) is 3. The topological polar surface area (TPSA) is 75.6 Å². The Balaban J connectivity index is 2.73. The monoisotopic (exact) mass is 373 g/mol. The van der Waals surface area contributed by atoms with Crippen molar-refractivity contribution in [3.63, 3.8) is 0 Å². The Hall–Kier alpha value is -1.67. The quantitative estimate of drug-likeness (QED) is 0.802. The summed E-state index contributed by atoms with van der Waals surface area (Å²) in [5, 5.41) is 11.0. The summed E-state index contributed by atoms with van der Waals surface area (Å²) in [6.07, 6.45) is -7.68. The zero-order valence-corrected chi connectivity index (χ0v) is 13.2. The summed E-state index contributed by atoms with van der Waals surface area (Å²) in [5.41, 5.74) is 0. The molecule has 1 amide bonds. The molecule has 1 aromatic rings. The van der Waals surface area contributed by atoms with Crippen LogP contribution in [0.5, 0.6) is 5.75 Å². The zero-order chi connectivity index (χ0) is 17.8. The smallest absolute Gasteiger partial charge is 0.391 e. The van der Waals surface area contributed by atoms with E-state index >= 15 is 0 Å². The van der Waals surface area contributed by atoms with E-state index in [2.05, 4.69) is 0 Å². The third-order valence-electron chi connectivity index (χ3n) is 2.57. The molecular weight excluding hydrogens is 362 g/mol. The number of rotatable bonds is 6. The summed E-state index contributed by atoms with van der Waals surface area (Å²) in [7, 11) is 0. The Kier molecular flexibility index (Phi) is 6.52. The first kappa shape index (κ1) is 19.4. The van der Waals surface area contributed by atoms with Gasteiger partial charge < -0.3 is 15.2 Å². The van der Waals surface area contributed by atoms with E-state index in [-0.39, 0.29) is 15.8 Å². The average molecular weight is 374 g/mol. The van der Waals surface area contributed by atoms with E-state index in [0.717, 1.165) is 0 Å². The fourth-order valence-corrected chi connectivity index (χ4v) is 2.08. The van der Waals surface area contributed by atoms with Gasteiger partial charge in [0.15, 0.2) is 6.10 Å². The molecule has 0 aromatic heterocycles. The molecule has 0 aliphatic heterocycles. The van der Waals surface area contributed by atoms with Gasteiger partial charge in [-0.1, -0.05) is 23.2 Å². The van der Waals surface area contributed by atoms with E-state index in [0.29, 0.717) is 0 Å². The lowest BCUT2D eigenvalue weighted by molar-refractivity contribution is -0.160. The van der Waals surface area contributed by atoms with Crippen molar-refractivity contribution in [3.05, 3.63) is 28.2 Å². The molecule has 0 radical (unpaired) electrons. The van der Waals surface area contributed by atoms with Crippen LogP contribution in [0.15, 0.2) is 18.2 Å². The van der Waals surface area contributed by atoms with Crippen molar-refractivity contribution in [2.45, 2.75) is 31.7 Å². The molecule has 0 spiro atoms. The minimum Gasteiger partial charge on any atom is -0.481 e. The Labute approximate surface area is 139 Å². The molecule has 1 aromatic carbocycles. The number of carbonyl (C=O) groups excluding carboxylic acids is 1. The molecule has 0 heterocycles. The number of benzene rings is 1. The Bertz CT molecular complexity index is 575. The third-order valence-corrected chi connectivity index (χ3v) is 3.00. The zero-order valence-electron chi connectivity index (χ0n) is 11.7. The van der Waals surface area contributed by atoms with Crippen LogP contribution in [0.1, 0.15) is 13.3 Å². The lowest BCUT2D eigenvalue weighted by atomic mass is 10.2. The second-order valence-electron chi connectivity index (χ2n) is 4.58. The second-order valence-corrected chi connectivity index (χ2v) is 5.46. The summed E-state index contributed by atoms with van der Waals surface area (Å²) in [4.78, 5) is 22.6. The number of nitrogens with one attached hydrogen (secondary N) is 1. The van der Waals surface area contributed by atoms with Crippen LogP contribution in [-0.4, -0.2) is 35.3 Å². The first-order valence-corrected chi connectivity index (χ1v) is 6.96. The van der Waals surface area contributed by atoms with Gasteiger partial charge in [-0.3, -0.25) is 4.79 Å². The lowest BCUT2D eigenvalue weighted by Crippen LogP contribution is -2.48. The largest absolute Gasteiger partial charge is 0.481 e. The predicted octanol–water partition coefficient (Wildman–Crippen LogP) is 3.28. The first-order chi connectivity index (χ1) is 10.5. The van der Waals surface area contributed by atoms with E-state index in [1.165, 1.54) is 25.1 Å². The number of carboxylic acids is 1. The van der Waals surface area contributed by atoms with Crippen LogP contribution in [0.3, 0.4) is 0 Å². The Morgan fingerprint density at radius 2 is 1.78 bits per heavy atom. The minimum absolute atomic E-state index is 0.118. The molecule has 0 fully saturated rings. The van der Waals surface area contributed by atoms with Crippen LogP contribution >= 0.6 is 23.2 Å². The highest BCUT2D eigenvalue weighted by atomic mass is 35.5. The van der Waals surface area contributed by atoms with Gasteiger partial charge in [-0.15, -0.1) is 0 Å². The van der Waals surface area contributed by atoms with Gasteiger partial charge in [0.25, 0.3) is 5.91 Å². The summed E-state index contributed by atoms with van der Waals surface area (Å²) in [5.74, 6) is -2.70. The van der Waals surface area contributed by atoms with Gasteiger partial charge in [-0.05, 0) is 25.1 Å². The number of aliphatic carboxylic acids is 1. The Morgan fingerprint density at radius 3 is 2.22 bits per heavy atom. The van der Waals surface area contributed by atoms with Crippen molar-refractivity contribution >= 4 is 35.1 Å². The molecule has 0 saturated heterocycles. The van der Waals surface area contributed by atoms with E-state index in [1.54, 1.807) is 5.32 Å². The van der Waals surface area contributed by atoms with Crippen LogP contribution in [0.25, 0.3) is 0 Å². The highest BCUT2D eigenvalue weighted by Gasteiger charge is 2.37. The highest BCUT2D eigenvalue weighted by molar-refractivity contribution is 6.34. The molecule has 2 N–H and O–H groups in total. The van der Waals surface area contributed by atoms with Gasteiger partial charge in [0, 0.05) is 10.0 Å². The molecule has 0 saturated carbocycles. The van der Waals surface area contributed by atoms with Crippen LogP contribution in [0.4, 0.5) is 13.2 Å². The maximum atomic E-state index is 12.3. The van der Waals surface area contributed by atoms with Gasteiger partial charge in [-0.25, -0.2) is 4.79 Å². The second kappa shape index (κ2) is 7.74. The first-order valence-electron chi connectivity index (χ1n) is 6.20. The number of halogens is 5. The van der Waals surface area contributed by atoms with Gasteiger partial charge in [0.2, 0.25) is 0 Å². The van der Waals surface area contributed by atoms with Gasteiger partial charge >= 0.3 is 12.1 Å². The van der Waals surface area contributed by atoms with Gasteiger partial charge in [0.05, 0.1) is 6.42 Å². The summed E-state index contributed by atoms with van der Waals surface area (Å²) in [6, 6.07) is 2.02. The van der Waals surface area contributed by atoms with Crippen molar-refractivity contribution in [3.8, 4) is 5.75 Å². The van der Waals surface area contributed by atoms with Crippen LogP contribution in [-0.2, 0) is 9.59 Å². The molecule has 0 aliphatic rings. The predicted molar refractivity (Wildman–Crippen MR) is 76.8 cm³/mol. The van der Waals surface area contributed by atoms with Crippen LogP contribution in [0, 0.1) is 0 Å². The molecule has 23 heavy (non-hydrogen) atoms. The third kappa shape index (κ3) is 6.96. The lowest BCUT2D eigenvalue weighted by Gasteiger charge is -2.20. The molecule has 0 bridgehead atoms. The van der Waals surface area contributed by atoms with Gasteiger partial charge in [-0.2, -0.15) is 13.2 Å². The number of hydrogen-bond donors (Lipinski definition) is 2. The SMILES string of the molecule is CC(Oc1cc(Cl)cc(Cl)c1)C(=O)NC(CC(F)(F)F)C(=O)O. The average Bonchev–Trinajstić information content (AvgIpc) is 2.34. The molecule has 128 valence electrons. The van der Waals surface area contributed by atoms with Crippen molar-refractivity contribution in [1.29, 1.82) is 0 Å². The van der Waals surface area contributed by atoms with Crippen molar-refractivity contribution in [1.82, 2.24) is 5.32 Å². The summed E-state index contributed by atoms with van der Waals surface area (Å²) >= 11 is 11.5. The molecule has 5 nitrogen and oxygen atoms in total. The highest BCUT2D eigenvalue weighted by Crippen LogP contribution is 2.25. The molecule has 2 atom stereocenters. The number of ether oxygens (including phenoxy) is 1. The van der Waals surface area contributed by atoms with Crippen LogP contribution < -0.4 is 10.1 Å². The number of alkyl halides is 3.